The number of benzene rings is 2. The summed E-state index contributed by atoms with van der Waals surface area (Å²) in [4.78, 5) is 23.5. The molecule has 6 heteroatoms. The Morgan fingerprint density at radius 3 is 2.36 bits per heavy atom. The number of aliphatic hydroxyl groups excluding tert-OH is 1. The van der Waals surface area contributed by atoms with Crippen LogP contribution in [-0.2, 0) is 6.54 Å². The van der Waals surface area contributed by atoms with Crippen LogP contribution in [0.5, 0.6) is 0 Å². The van der Waals surface area contributed by atoms with Crippen LogP contribution >= 0.6 is 0 Å². The van der Waals surface area contributed by atoms with Gasteiger partial charge >= 0.3 is 0 Å². The van der Waals surface area contributed by atoms with E-state index < -0.39 is 0 Å². The van der Waals surface area contributed by atoms with Crippen molar-refractivity contribution in [2.75, 3.05) is 51.3 Å². The molecule has 1 fully saturated rings. The van der Waals surface area contributed by atoms with Crippen LogP contribution in [0.2, 0.25) is 0 Å². The summed E-state index contributed by atoms with van der Waals surface area (Å²) in [6, 6.07) is 10.5. The van der Waals surface area contributed by atoms with Gasteiger partial charge in [0.15, 0.2) is 0 Å². The van der Waals surface area contributed by atoms with E-state index in [1.165, 1.54) is 22.3 Å². The lowest BCUT2D eigenvalue weighted by molar-refractivity contribution is 0.0615. The number of amides is 1. The number of hydrogen-bond acceptors (Lipinski definition) is 4. The summed E-state index contributed by atoms with van der Waals surface area (Å²) in [5, 5.41) is 10.3. The van der Waals surface area contributed by atoms with Crippen molar-refractivity contribution in [3.63, 3.8) is 0 Å². The first-order chi connectivity index (χ1) is 15.8. The second kappa shape index (κ2) is 9.57. The standard InChI is InChI=1S/C27H36N4O2/c1-18-7-6-8-19(2)24(18)17-29(5)25-16-22(15-23-20(3)21(4)28-26(23)25)27(33)31-11-9-30(10-12-31)13-14-32/h6-8,15-16,28,32H,9-14,17H2,1-5H3. The Morgan fingerprint density at radius 2 is 1.73 bits per heavy atom. The van der Waals surface area contributed by atoms with E-state index in [9.17, 15) is 9.90 Å². The summed E-state index contributed by atoms with van der Waals surface area (Å²) in [5.41, 5.74) is 9.09. The molecule has 3 aromatic rings. The van der Waals surface area contributed by atoms with E-state index >= 15 is 0 Å². The molecule has 6 nitrogen and oxygen atoms in total. The van der Waals surface area contributed by atoms with Crippen LogP contribution in [0.3, 0.4) is 0 Å². The van der Waals surface area contributed by atoms with E-state index in [4.69, 9.17) is 0 Å². The van der Waals surface area contributed by atoms with Crippen LogP contribution < -0.4 is 4.90 Å². The third kappa shape index (κ3) is 4.63. The van der Waals surface area contributed by atoms with Gasteiger partial charge in [-0.3, -0.25) is 9.69 Å². The Morgan fingerprint density at radius 1 is 1.06 bits per heavy atom. The van der Waals surface area contributed by atoms with Gasteiger partial charge in [-0.25, -0.2) is 0 Å². The predicted octanol–water partition coefficient (Wildman–Crippen LogP) is 3.79. The largest absolute Gasteiger partial charge is 0.395 e. The zero-order chi connectivity index (χ0) is 23.7. The zero-order valence-corrected chi connectivity index (χ0v) is 20.5. The summed E-state index contributed by atoms with van der Waals surface area (Å²) in [7, 11) is 2.11. The van der Waals surface area contributed by atoms with Gasteiger partial charge in [-0.2, -0.15) is 0 Å². The Balaban J connectivity index is 1.68. The van der Waals surface area contributed by atoms with Gasteiger partial charge in [-0.1, -0.05) is 18.2 Å². The highest BCUT2D eigenvalue weighted by Gasteiger charge is 2.24. The first-order valence-electron chi connectivity index (χ1n) is 11.8. The molecule has 1 aliphatic rings. The molecule has 2 heterocycles. The third-order valence-corrected chi connectivity index (χ3v) is 7.17. The number of nitrogens with zero attached hydrogens (tertiary/aromatic N) is 3. The molecular formula is C27H36N4O2. The Kier molecular flexibility index (Phi) is 6.77. The minimum atomic E-state index is 0.0838. The molecule has 4 rings (SSSR count). The van der Waals surface area contributed by atoms with Gasteiger partial charge in [0.25, 0.3) is 5.91 Å². The van der Waals surface area contributed by atoms with Gasteiger partial charge in [0.2, 0.25) is 0 Å². The van der Waals surface area contributed by atoms with E-state index in [2.05, 4.69) is 67.7 Å². The molecule has 1 aliphatic heterocycles. The second-order valence-corrected chi connectivity index (χ2v) is 9.38. The first kappa shape index (κ1) is 23.3. The van der Waals surface area contributed by atoms with Crippen molar-refractivity contribution in [3.8, 4) is 0 Å². The van der Waals surface area contributed by atoms with E-state index in [1.807, 2.05) is 17.0 Å². The monoisotopic (exact) mass is 448 g/mol. The fourth-order valence-electron chi connectivity index (χ4n) is 4.88. The van der Waals surface area contributed by atoms with E-state index in [0.717, 1.165) is 47.5 Å². The Labute approximate surface area is 196 Å². The quantitative estimate of drug-likeness (QED) is 0.602. The summed E-state index contributed by atoms with van der Waals surface area (Å²) < 4.78 is 0. The normalized spacial score (nSPS) is 14.8. The van der Waals surface area contributed by atoms with Crippen molar-refractivity contribution in [2.45, 2.75) is 34.2 Å². The number of aromatic amines is 1. The Hall–Kier alpha value is -2.83. The van der Waals surface area contributed by atoms with E-state index in [1.54, 1.807) is 0 Å². The number of aryl methyl sites for hydroxylation is 4. The van der Waals surface area contributed by atoms with E-state index in [-0.39, 0.29) is 12.5 Å². The molecule has 0 atom stereocenters. The Bertz CT molecular complexity index is 1140. The number of H-pyrrole nitrogens is 1. The van der Waals surface area contributed by atoms with Crippen LogP contribution in [0.15, 0.2) is 30.3 Å². The van der Waals surface area contributed by atoms with Crippen molar-refractivity contribution >= 4 is 22.5 Å². The fraction of sp³-hybridized carbons (Fsp3) is 0.444. The third-order valence-electron chi connectivity index (χ3n) is 7.17. The lowest BCUT2D eigenvalue weighted by atomic mass is 10.0. The van der Waals surface area contributed by atoms with Gasteiger partial charge < -0.3 is 19.9 Å². The molecule has 33 heavy (non-hydrogen) atoms. The maximum Gasteiger partial charge on any atom is 0.254 e. The number of carbonyl (C=O) groups is 1. The van der Waals surface area contributed by atoms with Gasteiger partial charge in [0.05, 0.1) is 17.8 Å². The van der Waals surface area contributed by atoms with Crippen molar-refractivity contribution < 1.29 is 9.90 Å². The van der Waals surface area contributed by atoms with Crippen molar-refractivity contribution in [1.29, 1.82) is 0 Å². The zero-order valence-electron chi connectivity index (χ0n) is 20.5. The lowest BCUT2D eigenvalue weighted by Crippen LogP contribution is -2.49. The number of piperazine rings is 1. The average Bonchev–Trinajstić information content (AvgIpc) is 3.09. The number of anilines is 1. The SMILES string of the molecule is Cc1cccc(C)c1CN(C)c1cc(C(=O)N2CCN(CCO)CC2)cc2c(C)c(C)[nH]c12. The summed E-state index contributed by atoms with van der Waals surface area (Å²) >= 11 is 0. The average molecular weight is 449 g/mol. The van der Waals surface area contributed by atoms with Crippen LogP contribution in [0.1, 0.15) is 38.3 Å². The topological polar surface area (TPSA) is 62.8 Å². The van der Waals surface area contributed by atoms with Crippen LogP contribution in [0.4, 0.5) is 5.69 Å². The number of β-amino-alcohol motifs (C(OH)–C–C–N with tert-alkyl or cyclic N) is 1. The fourth-order valence-corrected chi connectivity index (χ4v) is 4.88. The molecule has 1 saturated heterocycles. The molecule has 0 aliphatic carbocycles. The number of hydrogen-bond donors (Lipinski definition) is 2. The van der Waals surface area contributed by atoms with Crippen LogP contribution in [0, 0.1) is 27.7 Å². The maximum atomic E-state index is 13.5. The van der Waals surface area contributed by atoms with Crippen molar-refractivity contribution in [3.05, 3.63) is 63.8 Å². The summed E-state index contributed by atoms with van der Waals surface area (Å²) in [5.74, 6) is 0.0838. The molecule has 176 valence electrons. The maximum absolute atomic E-state index is 13.5. The highest BCUT2D eigenvalue weighted by molar-refractivity contribution is 6.04. The second-order valence-electron chi connectivity index (χ2n) is 9.38. The van der Waals surface area contributed by atoms with Gasteiger partial charge in [-0.15, -0.1) is 0 Å². The molecule has 0 saturated carbocycles. The van der Waals surface area contributed by atoms with Crippen LogP contribution in [-0.4, -0.2) is 72.2 Å². The molecule has 1 amide bonds. The lowest BCUT2D eigenvalue weighted by Gasteiger charge is -2.34. The number of aliphatic hydroxyl groups is 1. The minimum absolute atomic E-state index is 0.0838. The molecule has 1 aromatic heterocycles. The predicted molar refractivity (Wildman–Crippen MR) is 135 cm³/mol. The smallest absolute Gasteiger partial charge is 0.254 e. The van der Waals surface area contributed by atoms with Gasteiger partial charge in [-0.05, 0) is 62.1 Å². The van der Waals surface area contributed by atoms with Gasteiger partial charge in [0, 0.05) is 63.0 Å². The molecule has 0 radical (unpaired) electrons. The molecule has 0 bridgehead atoms. The van der Waals surface area contributed by atoms with E-state index in [0.29, 0.717) is 19.6 Å². The summed E-state index contributed by atoms with van der Waals surface area (Å²) in [6.07, 6.45) is 0. The molecule has 0 unspecified atom stereocenters. The van der Waals surface area contributed by atoms with Crippen molar-refractivity contribution in [1.82, 2.24) is 14.8 Å². The number of rotatable bonds is 6. The van der Waals surface area contributed by atoms with Crippen molar-refractivity contribution in [2.24, 2.45) is 0 Å². The van der Waals surface area contributed by atoms with Gasteiger partial charge in [0.1, 0.15) is 0 Å². The highest BCUT2D eigenvalue weighted by atomic mass is 16.3. The summed E-state index contributed by atoms with van der Waals surface area (Å²) in [6.45, 7) is 13.1. The highest BCUT2D eigenvalue weighted by Crippen LogP contribution is 2.33. The number of nitrogens with one attached hydrogen (secondary N) is 1. The molecule has 2 N–H and O–H groups in total. The number of carbonyl (C=O) groups excluding carboxylic acids is 1. The number of aromatic nitrogens is 1. The first-order valence-corrected chi connectivity index (χ1v) is 11.8. The minimum Gasteiger partial charge on any atom is -0.395 e. The molecule has 2 aromatic carbocycles. The van der Waals surface area contributed by atoms with Crippen LogP contribution in [0.25, 0.3) is 10.9 Å². The molecule has 0 spiro atoms. The molecular weight excluding hydrogens is 412 g/mol. The number of fused-ring (bicyclic) bond motifs is 1.